The van der Waals surface area contributed by atoms with Gasteiger partial charge in [-0.25, -0.2) is 0 Å². The largest absolute Gasteiger partial charge is 0.325 e. The molecule has 0 saturated heterocycles. The molecular weight excluding hydrogens is 210 g/mol. The van der Waals surface area contributed by atoms with E-state index in [1.165, 1.54) is 23.7 Å². The van der Waals surface area contributed by atoms with Crippen LogP contribution in [0.3, 0.4) is 0 Å². The molecule has 0 aliphatic heterocycles. The van der Waals surface area contributed by atoms with Crippen LogP contribution >= 0.6 is 0 Å². The lowest BCUT2D eigenvalue weighted by Gasteiger charge is -2.10. The van der Waals surface area contributed by atoms with Crippen LogP contribution in [0.4, 0.5) is 0 Å². The fourth-order valence-corrected chi connectivity index (χ4v) is 2.37. The number of hydrogen-bond donors (Lipinski definition) is 1. The highest BCUT2D eigenvalue weighted by Crippen LogP contribution is 2.20. The summed E-state index contributed by atoms with van der Waals surface area (Å²) in [5.41, 5.74) is 7.95. The molecule has 3 heteroatoms. The van der Waals surface area contributed by atoms with Gasteiger partial charge in [0.25, 0.3) is 0 Å². The molecule has 2 aromatic rings. The molecule has 1 heterocycles. The van der Waals surface area contributed by atoms with Gasteiger partial charge in [-0.2, -0.15) is 5.10 Å². The monoisotopic (exact) mass is 231 g/mol. The van der Waals surface area contributed by atoms with Crippen molar-refractivity contribution in [3.8, 4) is 0 Å². The van der Waals surface area contributed by atoms with Crippen LogP contribution in [-0.4, -0.2) is 9.78 Å². The molecule has 2 N–H and O–H groups in total. The van der Waals surface area contributed by atoms with Gasteiger partial charge in [0.05, 0.1) is 11.2 Å². The van der Waals surface area contributed by atoms with Crippen molar-refractivity contribution in [3.63, 3.8) is 0 Å². The summed E-state index contributed by atoms with van der Waals surface area (Å²) in [5.74, 6) is 0.661. The summed E-state index contributed by atoms with van der Waals surface area (Å²) in [4.78, 5) is 0. The molecule has 0 fully saturated rings. The predicted molar refractivity (Wildman–Crippen MR) is 71.7 cm³/mol. The molecule has 0 amide bonds. The molecule has 0 bridgehead atoms. The minimum Gasteiger partial charge on any atom is -0.325 e. The maximum Gasteiger partial charge on any atom is 0.0838 e. The molecule has 3 nitrogen and oxygen atoms in total. The summed E-state index contributed by atoms with van der Waals surface area (Å²) in [7, 11) is 0. The normalized spacial score (nSPS) is 13.1. The average molecular weight is 231 g/mol. The Labute approximate surface area is 103 Å². The molecule has 17 heavy (non-hydrogen) atoms. The lowest BCUT2D eigenvalue weighted by Crippen LogP contribution is -2.09. The molecule has 0 saturated carbocycles. The zero-order valence-corrected chi connectivity index (χ0v) is 10.7. The van der Waals surface area contributed by atoms with E-state index in [2.05, 4.69) is 41.8 Å². The molecule has 1 unspecified atom stereocenters. The smallest absolute Gasteiger partial charge is 0.0838 e. The highest BCUT2D eigenvalue weighted by Gasteiger charge is 2.10. The molecule has 92 valence electrons. The van der Waals surface area contributed by atoms with Gasteiger partial charge in [0.15, 0.2) is 0 Å². The number of hydrogen-bond acceptors (Lipinski definition) is 2. The van der Waals surface area contributed by atoms with Gasteiger partial charge in [-0.1, -0.05) is 38.5 Å². The second-order valence-corrected chi connectivity index (χ2v) is 4.74. The molecule has 2 rings (SSSR count). The Morgan fingerprint density at radius 1 is 1.35 bits per heavy atom. The maximum absolute atomic E-state index is 5.74. The molecule has 0 aliphatic rings. The van der Waals surface area contributed by atoms with Crippen molar-refractivity contribution < 1.29 is 0 Å². The van der Waals surface area contributed by atoms with Crippen LogP contribution in [0.25, 0.3) is 10.9 Å². The van der Waals surface area contributed by atoms with Crippen LogP contribution in [0.5, 0.6) is 0 Å². The van der Waals surface area contributed by atoms with Crippen LogP contribution in [0.1, 0.15) is 32.4 Å². The van der Waals surface area contributed by atoms with E-state index in [1.807, 2.05) is 6.07 Å². The van der Waals surface area contributed by atoms with Crippen molar-refractivity contribution >= 4 is 10.9 Å². The van der Waals surface area contributed by atoms with E-state index in [0.717, 1.165) is 12.2 Å². The molecular formula is C14H21N3. The van der Waals surface area contributed by atoms with Crippen LogP contribution < -0.4 is 5.73 Å². The first-order chi connectivity index (χ1) is 8.26. The van der Waals surface area contributed by atoms with E-state index < -0.39 is 0 Å². The lowest BCUT2D eigenvalue weighted by molar-refractivity contribution is 0.426. The van der Waals surface area contributed by atoms with E-state index >= 15 is 0 Å². The Kier molecular flexibility index (Phi) is 3.79. The predicted octanol–water partition coefficient (Wildman–Crippen LogP) is 2.93. The first-order valence-corrected chi connectivity index (χ1v) is 6.40. The van der Waals surface area contributed by atoms with Crippen LogP contribution in [-0.2, 0) is 13.1 Å². The quantitative estimate of drug-likeness (QED) is 0.859. The molecule has 0 aliphatic carbocycles. The van der Waals surface area contributed by atoms with E-state index in [4.69, 9.17) is 5.73 Å². The van der Waals surface area contributed by atoms with E-state index in [1.54, 1.807) is 0 Å². The summed E-state index contributed by atoms with van der Waals surface area (Å²) in [6.07, 6.45) is 2.47. The molecule has 0 spiro atoms. The first-order valence-electron chi connectivity index (χ1n) is 6.40. The second kappa shape index (κ2) is 5.32. The Balaban J connectivity index is 2.33. The minimum atomic E-state index is 0.510. The maximum atomic E-state index is 5.74. The van der Waals surface area contributed by atoms with Crippen molar-refractivity contribution in [2.45, 2.75) is 39.8 Å². The second-order valence-electron chi connectivity index (χ2n) is 4.74. The van der Waals surface area contributed by atoms with Gasteiger partial charge in [0.1, 0.15) is 0 Å². The molecule has 1 atom stereocenters. The van der Waals surface area contributed by atoms with Crippen molar-refractivity contribution in [3.05, 3.63) is 30.0 Å². The number of para-hydroxylation sites is 1. The van der Waals surface area contributed by atoms with Crippen LogP contribution in [0.2, 0.25) is 0 Å². The van der Waals surface area contributed by atoms with Crippen molar-refractivity contribution in [2.75, 3.05) is 0 Å². The van der Waals surface area contributed by atoms with Gasteiger partial charge in [0, 0.05) is 18.5 Å². The lowest BCUT2D eigenvalue weighted by atomic mass is 10.1. The van der Waals surface area contributed by atoms with Gasteiger partial charge in [-0.05, 0) is 18.4 Å². The van der Waals surface area contributed by atoms with Crippen LogP contribution in [0.15, 0.2) is 24.3 Å². The number of benzene rings is 1. The summed E-state index contributed by atoms with van der Waals surface area (Å²) >= 11 is 0. The van der Waals surface area contributed by atoms with E-state index in [-0.39, 0.29) is 0 Å². The third-order valence-electron chi connectivity index (χ3n) is 3.19. The molecule has 1 aromatic carbocycles. The zero-order valence-electron chi connectivity index (χ0n) is 10.7. The zero-order chi connectivity index (χ0) is 12.3. The number of fused-ring (bicyclic) bond motifs is 1. The Morgan fingerprint density at radius 3 is 2.82 bits per heavy atom. The fraction of sp³-hybridized carbons (Fsp3) is 0.500. The average Bonchev–Trinajstić information content (AvgIpc) is 2.68. The van der Waals surface area contributed by atoms with E-state index in [0.29, 0.717) is 12.5 Å². The number of nitrogens with two attached hydrogens (primary N) is 1. The minimum absolute atomic E-state index is 0.510. The van der Waals surface area contributed by atoms with Crippen molar-refractivity contribution in [1.82, 2.24) is 9.78 Å². The van der Waals surface area contributed by atoms with E-state index in [9.17, 15) is 0 Å². The Morgan fingerprint density at radius 2 is 2.12 bits per heavy atom. The number of aromatic nitrogens is 2. The van der Waals surface area contributed by atoms with Gasteiger partial charge >= 0.3 is 0 Å². The molecule has 0 radical (unpaired) electrons. The summed E-state index contributed by atoms with van der Waals surface area (Å²) < 4.78 is 2.11. The third-order valence-corrected chi connectivity index (χ3v) is 3.19. The Bertz CT molecular complexity index is 487. The summed E-state index contributed by atoms with van der Waals surface area (Å²) in [6.45, 7) is 6.00. The van der Waals surface area contributed by atoms with Crippen molar-refractivity contribution in [1.29, 1.82) is 0 Å². The van der Waals surface area contributed by atoms with Gasteiger partial charge in [-0.3, -0.25) is 4.68 Å². The summed E-state index contributed by atoms with van der Waals surface area (Å²) in [6, 6.07) is 8.33. The fourth-order valence-electron chi connectivity index (χ4n) is 2.37. The highest BCUT2D eigenvalue weighted by atomic mass is 15.3. The molecule has 1 aromatic heterocycles. The van der Waals surface area contributed by atoms with Crippen molar-refractivity contribution in [2.24, 2.45) is 11.7 Å². The summed E-state index contributed by atoms with van der Waals surface area (Å²) in [5, 5.41) is 5.81. The van der Waals surface area contributed by atoms with Crippen LogP contribution in [0, 0.1) is 5.92 Å². The standard InChI is InChI=1S/C14H21N3/c1-3-6-11(2)10-17-14-8-5-4-7-12(14)13(9-15)16-17/h4-5,7-8,11H,3,6,9-10,15H2,1-2H3. The Hall–Kier alpha value is -1.35. The van der Waals surface area contributed by atoms with Gasteiger partial charge < -0.3 is 5.73 Å². The third kappa shape index (κ3) is 2.50. The van der Waals surface area contributed by atoms with Gasteiger partial charge in [-0.15, -0.1) is 0 Å². The number of nitrogens with zero attached hydrogens (tertiary/aromatic N) is 2. The number of rotatable bonds is 5. The topological polar surface area (TPSA) is 43.8 Å². The SMILES string of the molecule is CCCC(C)Cn1nc(CN)c2ccccc21. The highest BCUT2D eigenvalue weighted by molar-refractivity contribution is 5.81. The van der Waals surface area contributed by atoms with Gasteiger partial charge in [0.2, 0.25) is 0 Å². The first kappa shape index (κ1) is 12.1.